The van der Waals surface area contributed by atoms with Crippen LogP contribution in [0.15, 0.2) is 23.3 Å². The van der Waals surface area contributed by atoms with Gasteiger partial charge >= 0.3 is 0 Å². The van der Waals surface area contributed by atoms with Crippen molar-refractivity contribution in [3.05, 3.63) is 24.1 Å². The van der Waals surface area contributed by atoms with Gasteiger partial charge in [-0.1, -0.05) is 13.8 Å². The van der Waals surface area contributed by atoms with E-state index in [2.05, 4.69) is 34.5 Å². The van der Waals surface area contributed by atoms with Crippen LogP contribution in [0.3, 0.4) is 0 Å². The maximum Gasteiger partial charge on any atom is 0.191 e. The Balaban J connectivity index is 0.00000364. The third-order valence-electron chi connectivity index (χ3n) is 4.64. The van der Waals surface area contributed by atoms with E-state index in [4.69, 9.17) is 4.74 Å². The van der Waals surface area contributed by atoms with Crippen LogP contribution in [0.1, 0.15) is 33.6 Å². The van der Waals surface area contributed by atoms with Crippen LogP contribution < -0.4 is 15.5 Å². The van der Waals surface area contributed by atoms with E-state index >= 15 is 0 Å². The predicted molar refractivity (Wildman–Crippen MR) is 120 cm³/mol. The van der Waals surface area contributed by atoms with Crippen LogP contribution in [-0.4, -0.2) is 56.4 Å². The van der Waals surface area contributed by atoms with Gasteiger partial charge in [-0.3, -0.25) is 4.99 Å². The fourth-order valence-electron chi connectivity index (χ4n) is 3.22. The van der Waals surface area contributed by atoms with E-state index in [0.29, 0.717) is 18.3 Å². The second-order valence-corrected chi connectivity index (χ2v) is 6.91. The molecule has 27 heavy (non-hydrogen) atoms. The number of halogens is 2. The highest BCUT2D eigenvalue weighted by atomic mass is 127. The Morgan fingerprint density at radius 1 is 1.48 bits per heavy atom. The highest BCUT2D eigenvalue weighted by Crippen LogP contribution is 2.20. The van der Waals surface area contributed by atoms with E-state index in [1.54, 1.807) is 19.3 Å². The first-order chi connectivity index (χ1) is 12.5. The molecule has 1 aromatic heterocycles. The van der Waals surface area contributed by atoms with Crippen molar-refractivity contribution in [1.29, 1.82) is 0 Å². The van der Waals surface area contributed by atoms with E-state index in [9.17, 15) is 4.39 Å². The van der Waals surface area contributed by atoms with Crippen LogP contribution in [0.2, 0.25) is 0 Å². The minimum Gasteiger partial charge on any atom is -0.378 e. The fraction of sp³-hybridized carbons (Fsp3) is 0.684. The van der Waals surface area contributed by atoms with E-state index in [1.807, 2.05) is 11.8 Å². The minimum absolute atomic E-state index is 0. The third-order valence-corrected chi connectivity index (χ3v) is 4.64. The van der Waals surface area contributed by atoms with E-state index in [1.165, 1.54) is 6.07 Å². The van der Waals surface area contributed by atoms with Crippen LogP contribution in [0.4, 0.5) is 10.2 Å². The highest BCUT2D eigenvalue weighted by molar-refractivity contribution is 14.0. The summed E-state index contributed by atoms with van der Waals surface area (Å²) in [5.41, 5.74) is 0. The Kier molecular flexibility index (Phi) is 10.9. The third kappa shape index (κ3) is 7.40. The molecule has 0 radical (unpaired) electrons. The first-order valence-electron chi connectivity index (χ1n) is 9.49. The average molecular weight is 493 g/mol. The van der Waals surface area contributed by atoms with E-state index in [0.717, 1.165) is 38.5 Å². The number of nitrogens with zero attached hydrogens (tertiary/aromatic N) is 3. The molecule has 2 heterocycles. The molecule has 1 aliphatic rings. The van der Waals surface area contributed by atoms with Crippen molar-refractivity contribution < 1.29 is 9.13 Å². The largest absolute Gasteiger partial charge is 0.378 e. The number of rotatable bonds is 8. The molecule has 2 N–H and O–H groups in total. The van der Waals surface area contributed by atoms with Gasteiger partial charge in [-0.25, -0.2) is 9.37 Å². The lowest BCUT2D eigenvalue weighted by molar-refractivity contribution is 0.0258. The normalized spacial score (nSPS) is 18.4. The Morgan fingerprint density at radius 2 is 2.26 bits per heavy atom. The lowest BCUT2D eigenvalue weighted by Gasteiger charge is -2.23. The maximum absolute atomic E-state index is 13.9. The van der Waals surface area contributed by atoms with Gasteiger partial charge in [0.25, 0.3) is 0 Å². The fourth-order valence-corrected chi connectivity index (χ4v) is 3.22. The Bertz CT molecular complexity index is 587. The molecule has 1 aliphatic heterocycles. The Hall–Kier alpha value is -1.16. The molecular formula is C19H33FIN5O. The molecular weight excluding hydrogens is 460 g/mol. The summed E-state index contributed by atoms with van der Waals surface area (Å²) < 4.78 is 19.7. The number of guanidine groups is 1. The van der Waals surface area contributed by atoms with Gasteiger partial charge < -0.3 is 20.3 Å². The monoisotopic (exact) mass is 493 g/mol. The number of nitrogens with one attached hydrogen (secondary N) is 2. The molecule has 6 nitrogen and oxygen atoms in total. The Labute approximate surface area is 179 Å². The number of hydrogen-bond donors (Lipinski definition) is 2. The molecule has 1 aromatic rings. The topological polar surface area (TPSA) is 61.8 Å². The van der Waals surface area contributed by atoms with Crippen molar-refractivity contribution in [3.63, 3.8) is 0 Å². The number of aromatic nitrogens is 1. The van der Waals surface area contributed by atoms with Crippen LogP contribution in [-0.2, 0) is 4.74 Å². The number of aliphatic imine (C=N–C) groups is 1. The molecule has 0 bridgehead atoms. The molecule has 8 heteroatoms. The summed E-state index contributed by atoms with van der Waals surface area (Å²) in [6.07, 6.45) is 3.73. The smallest absolute Gasteiger partial charge is 0.191 e. The molecule has 154 valence electrons. The summed E-state index contributed by atoms with van der Waals surface area (Å²) in [6, 6.07) is 3.28. The number of anilines is 1. The van der Waals surface area contributed by atoms with E-state index < -0.39 is 0 Å². The summed E-state index contributed by atoms with van der Waals surface area (Å²) in [7, 11) is 1.77. The van der Waals surface area contributed by atoms with Crippen molar-refractivity contribution in [2.45, 2.75) is 45.8 Å². The first-order valence-corrected chi connectivity index (χ1v) is 9.49. The van der Waals surface area contributed by atoms with Crippen LogP contribution in [0.5, 0.6) is 0 Å². The SMILES string of the molecule is CCOC(CCNC(=NC)NC1CCN(c2ncccc2F)C1)C(C)C.I. The zero-order chi connectivity index (χ0) is 18.9. The highest BCUT2D eigenvalue weighted by Gasteiger charge is 2.26. The van der Waals surface area contributed by atoms with E-state index in [-0.39, 0.29) is 41.9 Å². The van der Waals surface area contributed by atoms with Crippen LogP contribution >= 0.6 is 24.0 Å². The van der Waals surface area contributed by atoms with Gasteiger partial charge in [0.1, 0.15) is 0 Å². The van der Waals surface area contributed by atoms with Crippen molar-refractivity contribution in [2.75, 3.05) is 38.2 Å². The quantitative estimate of drug-likeness (QED) is 0.331. The van der Waals surface area contributed by atoms with Crippen LogP contribution in [0, 0.1) is 11.7 Å². The van der Waals surface area contributed by atoms with Gasteiger partial charge in [-0.05, 0) is 37.8 Å². The molecule has 1 saturated heterocycles. The minimum atomic E-state index is -0.272. The standard InChI is InChI=1S/C19H32FN5O.HI/c1-5-26-17(14(2)3)8-11-23-19(21-4)24-15-9-12-25(13-15)18-16(20)7-6-10-22-18;/h6-7,10,14-15,17H,5,8-9,11-13H2,1-4H3,(H2,21,23,24);1H. The summed E-state index contributed by atoms with van der Waals surface area (Å²) in [5.74, 6) is 1.42. The molecule has 0 saturated carbocycles. The number of ether oxygens (including phenoxy) is 1. The molecule has 2 atom stereocenters. The average Bonchev–Trinajstić information content (AvgIpc) is 3.08. The molecule has 1 fully saturated rings. The van der Waals surface area contributed by atoms with Crippen molar-refractivity contribution in [2.24, 2.45) is 10.9 Å². The second kappa shape index (κ2) is 12.3. The Morgan fingerprint density at radius 3 is 2.89 bits per heavy atom. The predicted octanol–water partition coefficient (Wildman–Crippen LogP) is 3.03. The summed E-state index contributed by atoms with van der Waals surface area (Å²) >= 11 is 0. The zero-order valence-electron chi connectivity index (χ0n) is 16.7. The van der Waals surface area contributed by atoms with Crippen molar-refractivity contribution >= 4 is 35.8 Å². The molecule has 0 spiro atoms. The molecule has 0 aliphatic carbocycles. The second-order valence-electron chi connectivity index (χ2n) is 6.91. The van der Waals surface area contributed by atoms with Crippen LogP contribution in [0.25, 0.3) is 0 Å². The van der Waals surface area contributed by atoms with Crippen molar-refractivity contribution in [1.82, 2.24) is 15.6 Å². The van der Waals surface area contributed by atoms with Gasteiger partial charge in [0, 0.05) is 45.5 Å². The maximum atomic E-state index is 13.9. The lowest BCUT2D eigenvalue weighted by Crippen LogP contribution is -2.45. The van der Waals surface area contributed by atoms with Gasteiger partial charge in [-0.15, -0.1) is 24.0 Å². The molecule has 2 unspecified atom stereocenters. The van der Waals surface area contributed by atoms with Gasteiger partial charge in [-0.2, -0.15) is 0 Å². The lowest BCUT2D eigenvalue weighted by atomic mass is 10.0. The molecule has 2 rings (SSSR count). The summed E-state index contributed by atoms with van der Waals surface area (Å²) in [4.78, 5) is 10.4. The number of pyridine rings is 1. The molecule has 0 aromatic carbocycles. The van der Waals surface area contributed by atoms with Gasteiger partial charge in [0.2, 0.25) is 0 Å². The van der Waals surface area contributed by atoms with Gasteiger partial charge in [0.05, 0.1) is 6.10 Å². The van der Waals surface area contributed by atoms with Gasteiger partial charge in [0.15, 0.2) is 17.6 Å². The summed E-state index contributed by atoms with van der Waals surface area (Å²) in [5, 5.41) is 6.78. The number of hydrogen-bond acceptors (Lipinski definition) is 4. The molecule has 0 amide bonds. The summed E-state index contributed by atoms with van der Waals surface area (Å²) in [6.45, 7) is 9.41. The van der Waals surface area contributed by atoms with Crippen molar-refractivity contribution in [3.8, 4) is 0 Å². The first kappa shape index (κ1) is 23.9. The zero-order valence-corrected chi connectivity index (χ0v) is 19.1.